The molecule has 0 bridgehead atoms. The lowest BCUT2D eigenvalue weighted by molar-refractivity contribution is 0.0975. The van der Waals surface area contributed by atoms with Crippen molar-refractivity contribution in [3.63, 3.8) is 0 Å². The molecule has 4 aromatic carbocycles. The Bertz CT molecular complexity index is 2180. The van der Waals surface area contributed by atoms with Gasteiger partial charge in [0.2, 0.25) is 0 Å². The number of nitrogens with zero attached hydrogens (tertiary/aromatic N) is 3. The molecule has 10 heteroatoms. The Hall–Kier alpha value is -4.96. The smallest absolute Gasteiger partial charge is 0.261 e. The first kappa shape index (κ1) is 37.9. The predicted octanol–water partition coefficient (Wildman–Crippen LogP) is 9.30. The van der Waals surface area contributed by atoms with E-state index in [1.807, 2.05) is 65.4 Å². The van der Waals surface area contributed by atoms with Gasteiger partial charge in [0, 0.05) is 46.4 Å². The third-order valence-electron chi connectivity index (χ3n) is 11.4. The minimum absolute atomic E-state index is 0.00298. The summed E-state index contributed by atoms with van der Waals surface area (Å²) in [6, 6.07) is 21.9. The van der Waals surface area contributed by atoms with Crippen molar-refractivity contribution in [3.05, 3.63) is 100 Å². The van der Waals surface area contributed by atoms with Gasteiger partial charge in [0.15, 0.2) is 11.5 Å². The molecule has 2 atom stereocenters. The molecule has 4 heterocycles. The largest absolute Gasteiger partial charge is 0.494 e. The molecule has 56 heavy (non-hydrogen) atoms. The van der Waals surface area contributed by atoms with Crippen LogP contribution in [-0.2, 0) is 19.3 Å². The van der Waals surface area contributed by atoms with E-state index in [0.717, 1.165) is 103 Å². The highest BCUT2D eigenvalue weighted by Crippen LogP contribution is 2.42. The Morgan fingerprint density at radius 2 is 1.50 bits per heavy atom. The first-order valence-corrected chi connectivity index (χ1v) is 20.4. The summed E-state index contributed by atoms with van der Waals surface area (Å²) >= 11 is 4.62. The van der Waals surface area contributed by atoms with E-state index in [1.165, 1.54) is 5.56 Å². The standard InChI is InChI=1S/C46H51N3O6S/c1-29-21-36-30(13-14-33-23-32-24-35(53-20-10-17-46(2,3)56)15-16-40(32)48(33)44(36)50)25-41(29)54-18-8-5-9-19-55-43-27-38-37(26-42(43)52-4)45(51)49-34(28-47-38)22-31-11-6-7-12-39(31)49/h6-7,11-12,15-16,21,24-28,33-34,56H,5,8-10,13-14,17-20,22-23H2,1-4H3/t33-,34+/m1/s1. The molecule has 0 fully saturated rings. The quantitative estimate of drug-likeness (QED) is 0.102. The normalized spacial score (nSPS) is 17.9. The van der Waals surface area contributed by atoms with Gasteiger partial charge in [0.25, 0.3) is 11.8 Å². The lowest BCUT2D eigenvalue weighted by Crippen LogP contribution is -2.37. The molecule has 0 saturated heterocycles. The van der Waals surface area contributed by atoms with E-state index in [9.17, 15) is 9.59 Å². The van der Waals surface area contributed by atoms with Crippen LogP contribution in [0.5, 0.6) is 23.0 Å². The van der Waals surface area contributed by atoms with Gasteiger partial charge in [-0.25, -0.2) is 0 Å². The third kappa shape index (κ3) is 7.73. The zero-order chi connectivity index (χ0) is 39.0. The predicted molar refractivity (Wildman–Crippen MR) is 225 cm³/mol. The number of ether oxygens (including phenoxy) is 4. The third-order valence-corrected chi connectivity index (χ3v) is 11.6. The van der Waals surface area contributed by atoms with Crippen molar-refractivity contribution in [1.29, 1.82) is 0 Å². The first-order valence-electron chi connectivity index (χ1n) is 20.0. The van der Waals surface area contributed by atoms with Crippen molar-refractivity contribution >= 4 is 47.7 Å². The molecule has 9 nitrogen and oxygen atoms in total. The molecule has 8 rings (SSSR count). The van der Waals surface area contributed by atoms with Gasteiger partial charge in [-0.1, -0.05) is 32.0 Å². The molecular formula is C46H51N3O6S. The number of anilines is 2. The molecule has 4 aliphatic heterocycles. The van der Waals surface area contributed by atoms with Gasteiger partial charge in [0.1, 0.15) is 11.5 Å². The lowest BCUT2D eigenvalue weighted by atomic mass is 9.98. The lowest BCUT2D eigenvalue weighted by Gasteiger charge is -2.23. The molecule has 292 valence electrons. The molecule has 2 amide bonds. The molecule has 0 unspecified atom stereocenters. The summed E-state index contributed by atoms with van der Waals surface area (Å²) in [5.41, 5.74) is 8.14. The van der Waals surface area contributed by atoms with E-state index < -0.39 is 0 Å². The van der Waals surface area contributed by atoms with E-state index in [-0.39, 0.29) is 28.6 Å². The molecule has 4 aromatic rings. The second-order valence-electron chi connectivity index (χ2n) is 16.0. The number of carbonyl (C=O) groups is 2. The Morgan fingerprint density at radius 3 is 2.30 bits per heavy atom. The number of hydrogen-bond donors (Lipinski definition) is 1. The van der Waals surface area contributed by atoms with Gasteiger partial charge in [-0.05, 0) is 123 Å². The topological polar surface area (TPSA) is 89.9 Å². The van der Waals surface area contributed by atoms with E-state index in [1.54, 1.807) is 13.2 Å². The zero-order valence-electron chi connectivity index (χ0n) is 32.8. The summed E-state index contributed by atoms with van der Waals surface area (Å²) in [7, 11) is 1.59. The number of hydrogen-bond acceptors (Lipinski definition) is 8. The van der Waals surface area contributed by atoms with E-state index in [0.29, 0.717) is 42.6 Å². The molecule has 0 spiro atoms. The summed E-state index contributed by atoms with van der Waals surface area (Å²) in [5, 5.41) is 0. The van der Waals surface area contributed by atoms with Crippen LogP contribution in [0.4, 0.5) is 17.1 Å². The molecule has 0 radical (unpaired) electrons. The average molecular weight is 774 g/mol. The summed E-state index contributed by atoms with van der Waals surface area (Å²) in [6.07, 6.45) is 9.72. The molecule has 0 aromatic heterocycles. The van der Waals surface area contributed by atoms with Crippen LogP contribution in [0.15, 0.2) is 71.7 Å². The number of aryl methyl sites for hydroxylation is 2. The van der Waals surface area contributed by atoms with Crippen molar-refractivity contribution in [1.82, 2.24) is 0 Å². The average Bonchev–Trinajstić information content (AvgIpc) is 3.67. The SMILES string of the molecule is COc1cc2c(cc1OCCCCCOc1cc3c(cc1C)C(=O)N1c4ccc(OCCCC(C)(C)S)cc4C[C@H]1CC3)N=C[C@@H]1Cc3ccccc3N1C2=O. The molecule has 4 aliphatic rings. The van der Waals surface area contributed by atoms with Gasteiger partial charge in [-0.3, -0.25) is 19.5 Å². The number of unbranched alkanes of at least 4 members (excludes halogenated alkanes) is 2. The summed E-state index contributed by atoms with van der Waals surface area (Å²) < 4.78 is 24.2. The van der Waals surface area contributed by atoms with Crippen molar-refractivity contribution in [2.45, 2.75) is 95.4 Å². The monoisotopic (exact) mass is 773 g/mol. The number of thiol groups is 1. The fourth-order valence-electron chi connectivity index (χ4n) is 8.47. The fraction of sp³-hybridized carbons (Fsp3) is 0.413. The number of aliphatic imine (C=N–C) groups is 1. The van der Waals surface area contributed by atoms with Crippen molar-refractivity contribution in [2.24, 2.45) is 4.99 Å². The van der Waals surface area contributed by atoms with Crippen LogP contribution in [0.25, 0.3) is 0 Å². The summed E-state index contributed by atoms with van der Waals surface area (Å²) in [4.78, 5) is 36.3. The highest BCUT2D eigenvalue weighted by Gasteiger charge is 2.38. The van der Waals surface area contributed by atoms with Crippen molar-refractivity contribution in [3.8, 4) is 23.0 Å². The van der Waals surface area contributed by atoms with Gasteiger partial charge < -0.3 is 23.8 Å². The van der Waals surface area contributed by atoms with Crippen LogP contribution in [0.3, 0.4) is 0 Å². The van der Waals surface area contributed by atoms with Crippen LogP contribution < -0.4 is 28.7 Å². The van der Waals surface area contributed by atoms with Gasteiger partial charge >= 0.3 is 0 Å². The number of fused-ring (bicyclic) bond motifs is 8. The van der Waals surface area contributed by atoms with Gasteiger partial charge in [-0.2, -0.15) is 12.6 Å². The Kier molecular flexibility index (Phi) is 10.8. The van der Waals surface area contributed by atoms with E-state index >= 15 is 0 Å². The number of methoxy groups -OCH3 is 1. The summed E-state index contributed by atoms with van der Waals surface area (Å²) in [5.74, 6) is 2.78. The van der Waals surface area contributed by atoms with Crippen LogP contribution in [-0.4, -0.2) is 61.8 Å². The minimum Gasteiger partial charge on any atom is -0.494 e. The maximum atomic E-state index is 14.0. The van der Waals surface area contributed by atoms with Crippen LogP contribution in [0.1, 0.15) is 95.3 Å². The van der Waals surface area contributed by atoms with Crippen molar-refractivity contribution < 1.29 is 28.5 Å². The number of benzene rings is 4. The van der Waals surface area contributed by atoms with E-state index in [2.05, 4.69) is 44.7 Å². The molecule has 0 aliphatic carbocycles. The molecular weight excluding hydrogens is 723 g/mol. The number of carbonyl (C=O) groups excluding carboxylic acids is 2. The highest BCUT2D eigenvalue weighted by molar-refractivity contribution is 7.81. The van der Waals surface area contributed by atoms with Gasteiger partial charge in [-0.15, -0.1) is 0 Å². The maximum absolute atomic E-state index is 14.0. The minimum atomic E-state index is -0.111. The molecule has 0 N–H and O–H groups in total. The van der Waals surface area contributed by atoms with Crippen LogP contribution in [0, 0.1) is 6.92 Å². The second kappa shape index (κ2) is 15.9. The maximum Gasteiger partial charge on any atom is 0.261 e. The van der Waals surface area contributed by atoms with Crippen LogP contribution >= 0.6 is 12.6 Å². The zero-order valence-corrected chi connectivity index (χ0v) is 33.7. The highest BCUT2D eigenvalue weighted by atomic mass is 32.1. The van der Waals surface area contributed by atoms with Crippen molar-refractivity contribution in [2.75, 3.05) is 36.7 Å². The van der Waals surface area contributed by atoms with E-state index in [4.69, 9.17) is 23.9 Å². The van der Waals surface area contributed by atoms with Crippen LogP contribution in [0.2, 0.25) is 0 Å². The number of rotatable bonds is 14. The van der Waals surface area contributed by atoms with Gasteiger partial charge in [0.05, 0.1) is 44.2 Å². The first-order chi connectivity index (χ1) is 27.1. The molecule has 0 saturated carbocycles. The Morgan fingerprint density at radius 1 is 0.750 bits per heavy atom. The second-order valence-corrected chi connectivity index (χ2v) is 17.2. The fourth-order valence-corrected chi connectivity index (χ4v) is 8.63. The number of amides is 2. The Balaban J connectivity index is 0.828. The number of para-hydroxylation sites is 1. The summed E-state index contributed by atoms with van der Waals surface area (Å²) in [6.45, 7) is 7.99. The Labute approximate surface area is 335 Å².